The highest BCUT2D eigenvalue weighted by atomic mass is 16.5. The fourth-order valence-corrected chi connectivity index (χ4v) is 4.15. The average molecular weight is 421 g/mol. The van der Waals surface area contributed by atoms with E-state index < -0.39 is 0 Å². The van der Waals surface area contributed by atoms with Gasteiger partial charge in [0.1, 0.15) is 5.75 Å². The van der Waals surface area contributed by atoms with Crippen molar-refractivity contribution >= 4 is 5.91 Å². The first-order chi connectivity index (χ1) is 15.0. The molecule has 0 bridgehead atoms. The van der Waals surface area contributed by atoms with Gasteiger partial charge in [0.05, 0.1) is 39.5 Å². The van der Waals surface area contributed by atoms with Crippen LogP contribution in [0.15, 0.2) is 36.4 Å². The molecule has 0 fully saturated rings. The van der Waals surface area contributed by atoms with Gasteiger partial charge in [-0.1, -0.05) is 0 Å². The number of amides is 1. The molecule has 1 atom stereocenters. The van der Waals surface area contributed by atoms with Crippen molar-refractivity contribution in [1.29, 1.82) is 0 Å². The molecule has 1 aliphatic carbocycles. The Kier molecular flexibility index (Phi) is 5.84. The van der Waals surface area contributed by atoms with Crippen molar-refractivity contribution in [2.45, 2.75) is 32.2 Å². The molecule has 4 rings (SSSR count). The molecule has 162 valence electrons. The largest absolute Gasteiger partial charge is 0.497 e. The van der Waals surface area contributed by atoms with Gasteiger partial charge in [-0.05, 0) is 67.3 Å². The van der Waals surface area contributed by atoms with Gasteiger partial charge in [0.25, 0.3) is 0 Å². The number of aryl methyl sites for hydroxylation is 2. The van der Waals surface area contributed by atoms with E-state index in [1.54, 1.807) is 21.3 Å². The molecule has 7 nitrogen and oxygen atoms in total. The van der Waals surface area contributed by atoms with Crippen LogP contribution < -0.4 is 19.5 Å². The summed E-state index contributed by atoms with van der Waals surface area (Å²) in [5.41, 5.74) is 5.78. The van der Waals surface area contributed by atoms with Gasteiger partial charge in [0.15, 0.2) is 11.5 Å². The summed E-state index contributed by atoms with van der Waals surface area (Å²) in [5.74, 6) is 2.13. The molecule has 0 spiro atoms. The first-order valence-electron chi connectivity index (χ1n) is 10.3. The molecule has 0 unspecified atom stereocenters. The van der Waals surface area contributed by atoms with Crippen molar-refractivity contribution in [1.82, 2.24) is 15.5 Å². The maximum absolute atomic E-state index is 13.0. The number of aromatic nitrogens is 2. The fourth-order valence-electron chi connectivity index (χ4n) is 4.15. The molecule has 2 N–H and O–H groups in total. The van der Waals surface area contributed by atoms with Gasteiger partial charge >= 0.3 is 0 Å². The van der Waals surface area contributed by atoms with Gasteiger partial charge in [-0.15, -0.1) is 0 Å². The minimum atomic E-state index is -0.0426. The third-order valence-electron chi connectivity index (χ3n) is 5.83. The normalized spacial score (nSPS) is 14.8. The smallest absolute Gasteiger partial charge is 0.225 e. The van der Waals surface area contributed by atoms with E-state index in [0.29, 0.717) is 11.5 Å². The fraction of sp³-hybridized carbons (Fsp3) is 0.333. The van der Waals surface area contributed by atoms with Crippen molar-refractivity contribution in [3.63, 3.8) is 0 Å². The number of nitrogens with zero attached hydrogens (tertiary/aromatic N) is 1. The van der Waals surface area contributed by atoms with Crippen LogP contribution in [-0.4, -0.2) is 37.4 Å². The summed E-state index contributed by atoms with van der Waals surface area (Å²) in [5, 5.41) is 10.6. The molecule has 0 saturated heterocycles. The molecule has 1 aliphatic rings. The van der Waals surface area contributed by atoms with Gasteiger partial charge in [0, 0.05) is 16.8 Å². The van der Waals surface area contributed by atoms with E-state index in [-0.39, 0.29) is 18.4 Å². The van der Waals surface area contributed by atoms with E-state index in [1.165, 1.54) is 5.56 Å². The predicted octanol–water partition coefficient (Wildman–Crippen LogP) is 3.76. The topological polar surface area (TPSA) is 85.5 Å². The number of carbonyl (C=O) groups excluding carboxylic acids is 1. The minimum absolute atomic E-state index is 0.0353. The Morgan fingerprint density at radius 2 is 1.81 bits per heavy atom. The Balaban J connectivity index is 1.52. The van der Waals surface area contributed by atoms with Crippen molar-refractivity contribution in [2.75, 3.05) is 21.3 Å². The third-order valence-corrected chi connectivity index (χ3v) is 5.83. The van der Waals surface area contributed by atoms with Crippen molar-refractivity contribution < 1.29 is 19.0 Å². The molecule has 1 aromatic heterocycles. The number of hydrogen-bond acceptors (Lipinski definition) is 5. The van der Waals surface area contributed by atoms with E-state index in [2.05, 4.69) is 15.5 Å². The lowest BCUT2D eigenvalue weighted by Gasteiger charge is -2.16. The van der Waals surface area contributed by atoms with Crippen molar-refractivity contribution in [3.8, 4) is 28.5 Å². The van der Waals surface area contributed by atoms with Gasteiger partial charge in [-0.2, -0.15) is 5.10 Å². The van der Waals surface area contributed by atoms with Crippen LogP contribution in [0.3, 0.4) is 0 Å². The molecular weight excluding hydrogens is 394 g/mol. The summed E-state index contributed by atoms with van der Waals surface area (Å²) in [6.07, 6.45) is 2.00. The van der Waals surface area contributed by atoms with Crippen LogP contribution in [0, 0.1) is 6.92 Å². The summed E-state index contributed by atoms with van der Waals surface area (Å²) >= 11 is 0. The molecule has 0 aliphatic heterocycles. The van der Waals surface area contributed by atoms with E-state index in [1.807, 2.05) is 43.3 Å². The lowest BCUT2D eigenvalue weighted by atomic mass is 10.0. The SMILES string of the molecule is COc1ccc(-c2n[nH]c(C)c2CC(=O)N[C@H]2CCc3cc(OC)c(OC)cc32)cc1. The third kappa shape index (κ3) is 4.08. The summed E-state index contributed by atoms with van der Waals surface area (Å²) in [4.78, 5) is 13.0. The number of rotatable bonds is 7. The molecule has 0 radical (unpaired) electrons. The Morgan fingerprint density at radius 3 is 2.48 bits per heavy atom. The standard InChI is InChI=1S/C24H27N3O4/c1-14-18(24(27-26-14)15-5-8-17(29-2)9-6-15)13-23(28)25-20-10-7-16-11-21(30-3)22(31-4)12-19(16)20/h5-6,8-9,11-12,20H,7,10,13H2,1-4H3,(H,25,28)(H,26,27)/t20-/m0/s1. The second kappa shape index (κ2) is 8.71. The van der Waals surface area contributed by atoms with Gasteiger partial charge in [-0.3, -0.25) is 9.89 Å². The first kappa shape index (κ1) is 20.8. The van der Waals surface area contributed by atoms with E-state index >= 15 is 0 Å². The zero-order valence-electron chi connectivity index (χ0n) is 18.2. The molecular formula is C24H27N3O4. The van der Waals surface area contributed by atoms with Gasteiger partial charge in [0.2, 0.25) is 5.91 Å². The molecule has 2 aromatic carbocycles. The predicted molar refractivity (Wildman–Crippen MR) is 118 cm³/mol. The van der Waals surface area contributed by atoms with Crippen molar-refractivity contribution in [3.05, 3.63) is 58.8 Å². The quantitative estimate of drug-likeness (QED) is 0.607. The highest BCUT2D eigenvalue weighted by Gasteiger charge is 2.27. The molecule has 1 amide bonds. The zero-order chi connectivity index (χ0) is 22.0. The lowest BCUT2D eigenvalue weighted by molar-refractivity contribution is -0.121. The van der Waals surface area contributed by atoms with Gasteiger partial charge in [-0.25, -0.2) is 0 Å². The molecule has 3 aromatic rings. The number of benzene rings is 2. The van der Waals surface area contributed by atoms with E-state index in [4.69, 9.17) is 14.2 Å². The number of fused-ring (bicyclic) bond motifs is 1. The number of aromatic amines is 1. The van der Waals surface area contributed by atoms with Crippen LogP contribution in [0.2, 0.25) is 0 Å². The lowest BCUT2D eigenvalue weighted by Crippen LogP contribution is -2.28. The van der Waals surface area contributed by atoms with E-state index in [0.717, 1.165) is 46.7 Å². The Bertz CT molecular complexity index is 1090. The van der Waals surface area contributed by atoms with Crippen LogP contribution in [0.25, 0.3) is 11.3 Å². The Hall–Kier alpha value is -3.48. The van der Waals surface area contributed by atoms with Crippen LogP contribution in [0.4, 0.5) is 0 Å². The highest BCUT2D eigenvalue weighted by Crippen LogP contribution is 2.39. The number of ether oxygens (including phenoxy) is 3. The zero-order valence-corrected chi connectivity index (χ0v) is 18.2. The van der Waals surface area contributed by atoms with Crippen molar-refractivity contribution in [2.24, 2.45) is 0 Å². The number of nitrogens with one attached hydrogen (secondary N) is 2. The minimum Gasteiger partial charge on any atom is -0.497 e. The molecule has 0 saturated carbocycles. The van der Waals surface area contributed by atoms with Gasteiger partial charge < -0.3 is 19.5 Å². The summed E-state index contributed by atoms with van der Waals surface area (Å²) in [6.45, 7) is 1.94. The van der Waals surface area contributed by atoms with Crippen LogP contribution in [-0.2, 0) is 17.6 Å². The maximum Gasteiger partial charge on any atom is 0.225 e. The summed E-state index contributed by atoms with van der Waals surface area (Å²) in [7, 11) is 4.89. The first-order valence-corrected chi connectivity index (χ1v) is 10.3. The van der Waals surface area contributed by atoms with Crippen LogP contribution >= 0.6 is 0 Å². The van der Waals surface area contributed by atoms with Crippen LogP contribution in [0.1, 0.15) is 34.8 Å². The molecule has 31 heavy (non-hydrogen) atoms. The Morgan fingerprint density at radius 1 is 1.10 bits per heavy atom. The van der Waals surface area contributed by atoms with E-state index in [9.17, 15) is 4.79 Å². The number of hydrogen-bond donors (Lipinski definition) is 2. The second-order valence-electron chi connectivity index (χ2n) is 7.65. The summed E-state index contributed by atoms with van der Waals surface area (Å²) in [6, 6.07) is 11.6. The molecule has 1 heterocycles. The molecule has 7 heteroatoms. The summed E-state index contributed by atoms with van der Waals surface area (Å²) < 4.78 is 16.1. The monoisotopic (exact) mass is 421 g/mol. The number of carbonyl (C=O) groups is 1. The second-order valence-corrected chi connectivity index (χ2v) is 7.65. The maximum atomic E-state index is 13.0. The number of methoxy groups -OCH3 is 3. The van der Waals surface area contributed by atoms with Crippen LogP contribution in [0.5, 0.6) is 17.2 Å². The number of H-pyrrole nitrogens is 1. The Labute approximate surface area is 181 Å². The highest BCUT2D eigenvalue weighted by molar-refractivity contribution is 5.82. The average Bonchev–Trinajstić information content (AvgIpc) is 3.35.